The summed E-state index contributed by atoms with van der Waals surface area (Å²) in [7, 11) is 0. The van der Waals surface area contributed by atoms with Crippen LogP contribution in [0.2, 0.25) is 0 Å². The maximum atomic E-state index is 11.1. The summed E-state index contributed by atoms with van der Waals surface area (Å²) in [4.78, 5) is 22.0. The van der Waals surface area contributed by atoms with E-state index >= 15 is 0 Å². The molecule has 0 aliphatic rings. The molecule has 0 aromatic rings. The number of Topliss-reactive ketones (excluding diaryl/α,β-unsaturated/α-hetero) is 1. The Morgan fingerprint density at radius 2 is 1.93 bits per heavy atom. The molecule has 0 N–H and O–H groups in total. The predicted molar refractivity (Wildman–Crippen MR) is 52.0 cm³/mol. The number of esters is 1. The maximum Gasteiger partial charge on any atom is 0.313 e. The van der Waals surface area contributed by atoms with E-state index in [0.29, 0.717) is 6.61 Å². The third-order valence-electron chi connectivity index (χ3n) is 1.75. The zero-order chi connectivity index (χ0) is 11.0. The van der Waals surface area contributed by atoms with Crippen molar-refractivity contribution in [3.05, 3.63) is 0 Å². The number of hydrogen-bond acceptors (Lipinski definition) is 4. The van der Waals surface area contributed by atoms with E-state index in [1.807, 2.05) is 13.8 Å². The highest BCUT2D eigenvalue weighted by Gasteiger charge is 2.11. The highest BCUT2D eigenvalue weighted by molar-refractivity contribution is 5.96. The lowest BCUT2D eigenvalue weighted by atomic mass is 10.3. The Morgan fingerprint density at radius 1 is 1.29 bits per heavy atom. The third-order valence-corrected chi connectivity index (χ3v) is 1.75. The van der Waals surface area contributed by atoms with E-state index in [0.717, 1.165) is 6.42 Å². The van der Waals surface area contributed by atoms with Crippen LogP contribution in [-0.2, 0) is 19.1 Å². The van der Waals surface area contributed by atoms with Crippen LogP contribution < -0.4 is 0 Å². The van der Waals surface area contributed by atoms with E-state index in [1.54, 1.807) is 6.92 Å². The Balaban J connectivity index is 3.60. The fourth-order valence-corrected chi connectivity index (χ4v) is 0.777. The van der Waals surface area contributed by atoms with Crippen molar-refractivity contribution in [3.63, 3.8) is 0 Å². The van der Waals surface area contributed by atoms with Crippen LogP contribution >= 0.6 is 0 Å². The van der Waals surface area contributed by atoms with Gasteiger partial charge < -0.3 is 9.47 Å². The van der Waals surface area contributed by atoms with Crippen molar-refractivity contribution >= 4 is 11.8 Å². The molecule has 0 aromatic heterocycles. The van der Waals surface area contributed by atoms with Gasteiger partial charge >= 0.3 is 5.97 Å². The van der Waals surface area contributed by atoms with Crippen molar-refractivity contribution in [1.82, 2.24) is 0 Å². The molecule has 0 amide bonds. The molecule has 4 heteroatoms. The van der Waals surface area contributed by atoms with Gasteiger partial charge in [-0.3, -0.25) is 9.59 Å². The molecule has 0 saturated carbocycles. The zero-order valence-corrected chi connectivity index (χ0v) is 9.04. The van der Waals surface area contributed by atoms with Gasteiger partial charge in [-0.15, -0.1) is 0 Å². The predicted octanol–water partition coefficient (Wildman–Crippen LogP) is 1.32. The standard InChI is InChI=1S/C10H18O4/c1-4-8(3)14-7-9(11)6-10(12)13-5-2/h8H,4-7H2,1-3H3. The second-order valence-electron chi connectivity index (χ2n) is 3.05. The van der Waals surface area contributed by atoms with Gasteiger partial charge in [0.05, 0.1) is 12.7 Å². The summed E-state index contributed by atoms with van der Waals surface area (Å²) >= 11 is 0. The summed E-state index contributed by atoms with van der Waals surface area (Å²) in [5.41, 5.74) is 0. The monoisotopic (exact) mass is 202 g/mol. The highest BCUT2D eigenvalue weighted by Crippen LogP contribution is 1.97. The van der Waals surface area contributed by atoms with Gasteiger partial charge in [0, 0.05) is 0 Å². The Bertz CT molecular complexity index is 189. The van der Waals surface area contributed by atoms with Crippen LogP contribution in [0.3, 0.4) is 0 Å². The average Bonchev–Trinajstić information content (AvgIpc) is 2.14. The van der Waals surface area contributed by atoms with Gasteiger partial charge in [-0.05, 0) is 20.3 Å². The molecule has 0 radical (unpaired) electrons. The molecule has 0 spiro atoms. The quantitative estimate of drug-likeness (QED) is 0.461. The molecule has 82 valence electrons. The molecule has 0 saturated heterocycles. The van der Waals surface area contributed by atoms with E-state index in [4.69, 9.17) is 4.74 Å². The molecule has 1 atom stereocenters. The third kappa shape index (κ3) is 6.60. The zero-order valence-electron chi connectivity index (χ0n) is 9.04. The van der Waals surface area contributed by atoms with Crippen molar-refractivity contribution in [1.29, 1.82) is 0 Å². The summed E-state index contributed by atoms with van der Waals surface area (Å²) in [5.74, 6) is -0.714. The van der Waals surface area contributed by atoms with Crippen LogP contribution in [-0.4, -0.2) is 31.1 Å². The molecule has 0 bridgehead atoms. The maximum absolute atomic E-state index is 11.1. The molecule has 4 nitrogen and oxygen atoms in total. The minimum Gasteiger partial charge on any atom is -0.466 e. The first-order valence-electron chi connectivity index (χ1n) is 4.89. The first-order chi connectivity index (χ1) is 6.60. The van der Waals surface area contributed by atoms with Gasteiger partial charge in [-0.2, -0.15) is 0 Å². The van der Waals surface area contributed by atoms with E-state index < -0.39 is 5.97 Å². The number of hydrogen-bond donors (Lipinski definition) is 0. The Morgan fingerprint density at radius 3 is 2.43 bits per heavy atom. The molecular formula is C10H18O4. The molecule has 0 heterocycles. The number of rotatable bonds is 7. The first-order valence-corrected chi connectivity index (χ1v) is 4.89. The van der Waals surface area contributed by atoms with Gasteiger partial charge in [-0.25, -0.2) is 0 Å². The molecule has 0 aromatic carbocycles. The minimum absolute atomic E-state index is 0.00613. The molecule has 0 rings (SSSR count). The smallest absolute Gasteiger partial charge is 0.313 e. The van der Waals surface area contributed by atoms with Crippen LogP contribution in [0.15, 0.2) is 0 Å². The van der Waals surface area contributed by atoms with Crippen LogP contribution in [0, 0.1) is 0 Å². The second-order valence-corrected chi connectivity index (χ2v) is 3.05. The molecule has 0 aliphatic carbocycles. The van der Waals surface area contributed by atoms with E-state index in [-0.39, 0.29) is 24.9 Å². The average molecular weight is 202 g/mol. The lowest BCUT2D eigenvalue weighted by Crippen LogP contribution is -2.19. The minimum atomic E-state index is -0.481. The van der Waals surface area contributed by atoms with Gasteiger partial charge in [-0.1, -0.05) is 6.92 Å². The highest BCUT2D eigenvalue weighted by atomic mass is 16.5. The Labute approximate surface area is 84.6 Å². The summed E-state index contributed by atoms with van der Waals surface area (Å²) < 4.78 is 9.80. The largest absolute Gasteiger partial charge is 0.466 e. The molecular weight excluding hydrogens is 184 g/mol. The summed E-state index contributed by atoms with van der Waals surface area (Å²) in [6.45, 7) is 5.86. The van der Waals surface area contributed by atoms with Gasteiger partial charge in [0.1, 0.15) is 13.0 Å². The Hall–Kier alpha value is -0.900. The van der Waals surface area contributed by atoms with Crippen LogP contribution in [0.1, 0.15) is 33.6 Å². The first kappa shape index (κ1) is 13.1. The van der Waals surface area contributed by atoms with Crippen molar-refractivity contribution in [3.8, 4) is 0 Å². The van der Waals surface area contributed by atoms with E-state index in [1.165, 1.54) is 0 Å². The van der Waals surface area contributed by atoms with Crippen molar-refractivity contribution in [2.45, 2.75) is 39.7 Å². The number of carbonyl (C=O) groups is 2. The fraction of sp³-hybridized carbons (Fsp3) is 0.800. The number of ketones is 1. The molecule has 1 unspecified atom stereocenters. The topological polar surface area (TPSA) is 52.6 Å². The SMILES string of the molecule is CCOC(=O)CC(=O)COC(C)CC. The van der Waals surface area contributed by atoms with Crippen LogP contribution in [0.5, 0.6) is 0 Å². The lowest BCUT2D eigenvalue weighted by molar-refractivity contribution is -0.146. The van der Waals surface area contributed by atoms with Gasteiger partial charge in [0.25, 0.3) is 0 Å². The van der Waals surface area contributed by atoms with Crippen molar-refractivity contribution in [2.75, 3.05) is 13.2 Å². The van der Waals surface area contributed by atoms with E-state index in [9.17, 15) is 9.59 Å². The number of carbonyl (C=O) groups excluding carboxylic acids is 2. The fourth-order valence-electron chi connectivity index (χ4n) is 0.777. The summed E-state index contributed by atoms with van der Waals surface area (Å²) in [6, 6.07) is 0. The summed E-state index contributed by atoms with van der Waals surface area (Å²) in [5, 5.41) is 0. The Kier molecular flexibility index (Phi) is 7.02. The van der Waals surface area contributed by atoms with Gasteiger partial charge in [0.15, 0.2) is 5.78 Å². The van der Waals surface area contributed by atoms with Gasteiger partial charge in [0.2, 0.25) is 0 Å². The second kappa shape index (κ2) is 7.50. The normalized spacial score (nSPS) is 12.2. The molecule has 14 heavy (non-hydrogen) atoms. The van der Waals surface area contributed by atoms with Crippen molar-refractivity contribution < 1.29 is 19.1 Å². The van der Waals surface area contributed by atoms with E-state index in [2.05, 4.69) is 4.74 Å². The number of ether oxygens (including phenoxy) is 2. The summed E-state index contributed by atoms with van der Waals surface area (Å²) in [6.07, 6.45) is 0.720. The van der Waals surface area contributed by atoms with Crippen LogP contribution in [0.4, 0.5) is 0 Å². The molecule has 0 aliphatic heterocycles. The van der Waals surface area contributed by atoms with Crippen molar-refractivity contribution in [2.24, 2.45) is 0 Å². The van der Waals surface area contributed by atoms with Crippen LogP contribution in [0.25, 0.3) is 0 Å². The molecule has 0 fully saturated rings. The lowest BCUT2D eigenvalue weighted by Gasteiger charge is -2.09.